The molecule has 0 aromatic carbocycles. The lowest BCUT2D eigenvalue weighted by molar-refractivity contribution is -0.137. The zero-order chi connectivity index (χ0) is 18.7. The van der Waals surface area contributed by atoms with Crippen LogP contribution in [-0.4, -0.2) is 39.2 Å². The standard InChI is InChI=1S/C20H29N5O/c1-5-15-7-6-10-21-19(15)14(2)22-11-16-8-9-18(26)25(4)20(16)17-12-23-24(3)13-17/h6-7,10,12-14,16,20,22H,5,8-9,11H2,1-4H3/t14?,16-,20+/m1/s1. The second-order valence-corrected chi connectivity index (χ2v) is 7.23. The molecule has 6 heteroatoms. The van der Waals surface area contributed by atoms with E-state index in [4.69, 9.17) is 0 Å². The van der Waals surface area contributed by atoms with E-state index in [0.29, 0.717) is 12.3 Å². The summed E-state index contributed by atoms with van der Waals surface area (Å²) in [4.78, 5) is 18.7. The van der Waals surface area contributed by atoms with Gasteiger partial charge < -0.3 is 10.2 Å². The molecule has 0 spiro atoms. The average molecular weight is 355 g/mol. The summed E-state index contributed by atoms with van der Waals surface area (Å²) < 4.78 is 1.80. The zero-order valence-corrected chi connectivity index (χ0v) is 16.1. The molecular formula is C20H29N5O. The molecule has 3 atom stereocenters. The summed E-state index contributed by atoms with van der Waals surface area (Å²) in [6, 6.07) is 4.39. The molecule has 140 valence electrons. The van der Waals surface area contributed by atoms with Gasteiger partial charge in [-0.3, -0.25) is 14.5 Å². The van der Waals surface area contributed by atoms with Crippen LogP contribution in [-0.2, 0) is 18.3 Å². The first-order valence-corrected chi connectivity index (χ1v) is 9.42. The fourth-order valence-electron chi connectivity index (χ4n) is 3.98. The van der Waals surface area contributed by atoms with Gasteiger partial charge in [0.1, 0.15) is 0 Å². The lowest BCUT2D eigenvalue weighted by Crippen LogP contribution is -2.43. The molecule has 2 aromatic rings. The Morgan fingerprint density at radius 3 is 2.88 bits per heavy atom. The van der Waals surface area contributed by atoms with Gasteiger partial charge in [0, 0.05) is 51.1 Å². The molecule has 1 fully saturated rings. The van der Waals surface area contributed by atoms with Crippen LogP contribution in [0.15, 0.2) is 30.7 Å². The van der Waals surface area contributed by atoms with Gasteiger partial charge in [-0.25, -0.2) is 0 Å². The Hall–Kier alpha value is -2.21. The van der Waals surface area contributed by atoms with Crippen molar-refractivity contribution in [1.29, 1.82) is 0 Å². The predicted octanol–water partition coefficient (Wildman–Crippen LogP) is 2.64. The summed E-state index contributed by atoms with van der Waals surface area (Å²) in [5.74, 6) is 0.569. The van der Waals surface area contributed by atoms with E-state index >= 15 is 0 Å². The molecule has 1 aliphatic heterocycles. The molecule has 3 heterocycles. The van der Waals surface area contributed by atoms with Crippen LogP contribution in [0.2, 0.25) is 0 Å². The summed E-state index contributed by atoms with van der Waals surface area (Å²) in [6.45, 7) is 5.17. The minimum Gasteiger partial charge on any atom is -0.338 e. The van der Waals surface area contributed by atoms with E-state index < -0.39 is 0 Å². The van der Waals surface area contributed by atoms with E-state index in [0.717, 1.165) is 30.6 Å². The van der Waals surface area contributed by atoms with Gasteiger partial charge in [-0.2, -0.15) is 5.10 Å². The third-order valence-electron chi connectivity index (χ3n) is 5.46. The summed E-state index contributed by atoms with van der Waals surface area (Å²) in [5.41, 5.74) is 3.51. The highest BCUT2D eigenvalue weighted by Gasteiger charge is 2.35. The second-order valence-electron chi connectivity index (χ2n) is 7.23. The minimum atomic E-state index is 0.0685. The van der Waals surface area contributed by atoms with Crippen molar-refractivity contribution in [2.75, 3.05) is 13.6 Å². The molecule has 1 saturated heterocycles. The third-order valence-corrected chi connectivity index (χ3v) is 5.46. The molecule has 3 rings (SSSR count). The third kappa shape index (κ3) is 3.80. The molecule has 1 N–H and O–H groups in total. The number of carbonyl (C=O) groups is 1. The summed E-state index contributed by atoms with van der Waals surface area (Å²) in [5, 5.41) is 7.96. The Kier molecular flexibility index (Phi) is 5.71. The largest absolute Gasteiger partial charge is 0.338 e. The Morgan fingerprint density at radius 2 is 2.19 bits per heavy atom. The molecule has 1 aliphatic rings. The highest BCUT2D eigenvalue weighted by Crippen LogP contribution is 2.35. The quantitative estimate of drug-likeness (QED) is 0.865. The number of piperidine rings is 1. The number of carbonyl (C=O) groups excluding carboxylic acids is 1. The monoisotopic (exact) mass is 355 g/mol. The van der Waals surface area contributed by atoms with Gasteiger partial charge in [-0.05, 0) is 37.3 Å². The maximum atomic E-state index is 12.2. The first kappa shape index (κ1) is 18.6. The maximum absolute atomic E-state index is 12.2. The molecule has 0 aliphatic carbocycles. The fraction of sp³-hybridized carbons (Fsp3) is 0.550. The SMILES string of the molecule is CCc1cccnc1C(C)NC[C@H]1CCC(=O)N(C)[C@@H]1c1cnn(C)c1. The molecule has 1 unspecified atom stereocenters. The highest BCUT2D eigenvalue weighted by atomic mass is 16.2. The zero-order valence-electron chi connectivity index (χ0n) is 16.1. The molecule has 1 amide bonds. The Labute approximate surface area is 155 Å². The highest BCUT2D eigenvalue weighted by molar-refractivity contribution is 5.77. The van der Waals surface area contributed by atoms with Crippen LogP contribution in [0, 0.1) is 5.92 Å². The number of rotatable bonds is 6. The van der Waals surface area contributed by atoms with Gasteiger partial charge in [-0.1, -0.05) is 13.0 Å². The van der Waals surface area contributed by atoms with Crippen LogP contribution in [0.4, 0.5) is 0 Å². The Balaban J connectivity index is 1.73. The minimum absolute atomic E-state index is 0.0685. The maximum Gasteiger partial charge on any atom is 0.222 e. The van der Waals surface area contributed by atoms with Crippen molar-refractivity contribution in [1.82, 2.24) is 25.0 Å². The van der Waals surface area contributed by atoms with Gasteiger partial charge in [0.25, 0.3) is 0 Å². The number of aryl methyl sites for hydroxylation is 2. The van der Waals surface area contributed by atoms with Crippen molar-refractivity contribution in [2.45, 2.75) is 45.2 Å². The van der Waals surface area contributed by atoms with Gasteiger partial charge in [0.05, 0.1) is 17.9 Å². The number of pyridine rings is 1. The number of likely N-dealkylation sites (tertiary alicyclic amines) is 1. The molecular weight excluding hydrogens is 326 g/mol. The lowest BCUT2D eigenvalue weighted by Gasteiger charge is -2.39. The first-order chi connectivity index (χ1) is 12.5. The van der Waals surface area contributed by atoms with Crippen LogP contribution in [0.1, 0.15) is 55.6 Å². The second kappa shape index (κ2) is 7.99. The smallest absolute Gasteiger partial charge is 0.222 e. The lowest BCUT2D eigenvalue weighted by atomic mass is 9.85. The van der Waals surface area contributed by atoms with E-state index in [1.54, 1.807) is 4.68 Å². The summed E-state index contributed by atoms with van der Waals surface area (Å²) in [6.07, 6.45) is 8.24. The van der Waals surface area contributed by atoms with Gasteiger partial charge >= 0.3 is 0 Å². The number of hydrogen-bond donors (Lipinski definition) is 1. The van der Waals surface area contributed by atoms with Crippen molar-refractivity contribution >= 4 is 5.91 Å². The van der Waals surface area contributed by atoms with Gasteiger partial charge in [-0.15, -0.1) is 0 Å². The molecule has 0 saturated carbocycles. The Morgan fingerprint density at radius 1 is 1.38 bits per heavy atom. The molecule has 0 bridgehead atoms. The number of aromatic nitrogens is 3. The van der Waals surface area contributed by atoms with Crippen molar-refractivity contribution in [3.05, 3.63) is 47.5 Å². The molecule has 26 heavy (non-hydrogen) atoms. The van der Waals surface area contributed by atoms with Crippen molar-refractivity contribution in [2.24, 2.45) is 13.0 Å². The normalized spacial score (nSPS) is 21.8. The van der Waals surface area contributed by atoms with Crippen molar-refractivity contribution < 1.29 is 4.79 Å². The molecule has 2 aromatic heterocycles. The predicted molar refractivity (Wildman–Crippen MR) is 101 cm³/mol. The van der Waals surface area contributed by atoms with Crippen LogP contribution in [0.25, 0.3) is 0 Å². The number of nitrogens with one attached hydrogen (secondary N) is 1. The summed E-state index contributed by atoms with van der Waals surface area (Å²) >= 11 is 0. The van der Waals surface area contributed by atoms with Crippen molar-refractivity contribution in [3.63, 3.8) is 0 Å². The topological polar surface area (TPSA) is 63.1 Å². The Bertz CT molecular complexity index is 756. The fourth-order valence-corrected chi connectivity index (χ4v) is 3.98. The van der Waals surface area contributed by atoms with Crippen LogP contribution in [0.3, 0.4) is 0 Å². The van der Waals surface area contributed by atoms with Crippen LogP contribution in [0.5, 0.6) is 0 Å². The first-order valence-electron chi connectivity index (χ1n) is 9.42. The van der Waals surface area contributed by atoms with E-state index in [2.05, 4.69) is 35.3 Å². The van der Waals surface area contributed by atoms with Crippen LogP contribution >= 0.6 is 0 Å². The van der Waals surface area contributed by atoms with Gasteiger partial charge in [0.2, 0.25) is 5.91 Å². The van der Waals surface area contributed by atoms with E-state index in [9.17, 15) is 4.79 Å². The molecule has 6 nitrogen and oxygen atoms in total. The summed E-state index contributed by atoms with van der Waals surface area (Å²) in [7, 11) is 3.82. The van der Waals surface area contributed by atoms with Crippen molar-refractivity contribution in [3.8, 4) is 0 Å². The molecule has 0 radical (unpaired) electrons. The number of nitrogens with zero attached hydrogens (tertiary/aromatic N) is 4. The average Bonchev–Trinajstić information content (AvgIpc) is 3.08. The van der Waals surface area contributed by atoms with E-state index in [1.165, 1.54) is 5.56 Å². The van der Waals surface area contributed by atoms with Crippen LogP contribution < -0.4 is 5.32 Å². The van der Waals surface area contributed by atoms with E-state index in [1.807, 2.05) is 43.7 Å². The number of amides is 1. The van der Waals surface area contributed by atoms with E-state index in [-0.39, 0.29) is 18.0 Å². The van der Waals surface area contributed by atoms with Gasteiger partial charge in [0.15, 0.2) is 0 Å². The number of hydrogen-bond acceptors (Lipinski definition) is 4.